The van der Waals surface area contributed by atoms with Crippen molar-refractivity contribution in [3.05, 3.63) is 54.4 Å². The lowest BCUT2D eigenvalue weighted by atomic mass is 10.0. The van der Waals surface area contributed by atoms with Gasteiger partial charge in [0.25, 0.3) is 0 Å². The Labute approximate surface area is 176 Å². The number of aromatic nitrogens is 1. The van der Waals surface area contributed by atoms with Crippen LogP contribution in [-0.4, -0.2) is 71.6 Å². The molecule has 0 radical (unpaired) electrons. The van der Waals surface area contributed by atoms with E-state index in [-0.39, 0.29) is 12.3 Å². The van der Waals surface area contributed by atoms with Gasteiger partial charge in [-0.25, -0.2) is 0 Å². The number of methoxy groups -OCH3 is 1. The molecule has 1 atom stereocenters. The van der Waals surface area contributed by atoms with E-state index in [9.17, 15) is 14.7 Å². The number of nitrogens with zero attached hydrogens (tertiary/aromatic N) is 3. The lowest BCUT2D eigenvalue weighted by molar-refractivity contribution is -0.144. The number of anilines is 1. The Hall–Kier alpha value is -2.97. The molecule has 1 aliphatic heterocycles. The third kappa shape index (κ3) is 6.53. The fourth-order valence-corrected chi connectivity index (χ4v) is 3.50. The van der Waals surface area contributed by atoms with E-state index in [1.807, 2.05) is 18.2 Å². The molecule has 1 aromatic carbocycles. The van der Waals surface area contributed by atoms with Crippen LogP contribution in [0.15, 0.2) is 48.7 Å². The van der Waals surface area contributed by atoms with Crippen LogP contribution in [0.5, 0.6) is 5.75 Å². The third-order valence-corrected chi connectivity index (χ3v) is 5.21. The summed E-state index contributed by atoms with van der Waals surface area (Å²) >= 11 is 0. The number of piperazine rings is 1. The number of benzene rings is 1. The van der Waals surface area contributed by atoms with Crippen molar-refractivity contribution in [3.8, 4) is 5.75 Å². The number of amides is 1. The predicted octanol–water partition coefficient (Wildman–Crippen LogP) is 1.94. The zero-order valence-electron chi connectivity index (χ0n) is 17.2. The van der Waals surface area contributed by atoms with Gasteiger partial charge in [0.2, 0.25) is 5.91 Å². The topological polar surface area (TPSA) is 95.0 Å². The maximum Gasteiger partial charge on any atom is 0.308 e. The van der Waals surface area contributed by atoms with Gasteiger partial charge in [0, 0.05) is 57.6 Å². The number of rotatable bonds is 9. The molecule has 1 aliphatic rings. The van der Waals surface area contributed by atoms with Crippen LogP contribution in [0, 0.1) is 5.92 Å². The highest BCUT2D eigenvalue weighted by Crippen LogP contribution is 2.17. The second kappa shape index (κ2) is 10.7. The highest BCUT2D eigenvalue weighted by atomic mass is 16.5. The molecule has 1 unspecified atom stereocenters. The summed E-state index contributed by atoms with van der Waals surface area (Å²) in [7, 11) is 1.57. The second-order valence-electron chi connectivity index (χ2n) is 7.41. The lowest BCUT2D eigenvalue weighted by Crippen LogP contribution is -2.48. The van der Waals surface area contributed by atoms with Crippen molar-refractivity contribution in [3.63, 3.8) is 0 Å². The van der Waals surface area contributed by atoms with Gasteiger partial charge in [-0.3, -0.25) is 24.4 Å². The summed E-state index contributed by atoms with van der Waals surface area (Å²) < 4.78 is 5.09. The number of carbonyl (C=O) groups is 2. The number of ether oxygens (including phenoxy) is 1. The van der Waals surface area contributed by atoms with E-state index in [0.717, 1.165) is 38.4 Å². The van der Waals surface area contributed by atoms with Crippen LogP contribution >= 0.6 is 0 Å². The van der Waals surface area contributed by atoms with Crippen LogP contribution in [0.25, 0.3) is 0 Å². The molecule has 2 N–H and O–H groups in total. The molecule has 0 aliphatic carbocycles. The van der Waals surface area contributed by atoms with Gasteiger partial charge in [-0.15, -0.1) is 0 Å². The van der Waals surface area contributed by atoms with Gasteiger partial charge < -0.3 is 15.2 Å². The summed E-state index contributed by atoms with van der Waals surface area (Å²) in [6.45, 7) is 4.40. The van der Waals surface area contributed by atoms with Gasteiger partial charge >= 0.3 is 5.97 Å². The number of hydrogen-bond acceptors (Lipinski definition) is 6. The third-order valence-electron chi connectivity index (χ3n) is 5.21. The summed E-state index contributed by atoms with van der Waals surface area (Å²) in [5.74, 6) is -1.30. The number of pyridine rings is 1. The van der Waals surface area contributed by atoms with Crippen molar-refractivity contribution in [1.82, 2.24) is 14.8 Å². The first kappa shape index (κ1) is 21.7. The van der Waals surface area contributed by atoms with E-state index >= 15 is 0 Å². The maximum absolute atomic E-state index is 12.3. The Kier molecular flexibility index (Phi) is 7.75. The Morgan fingerprint density at radius 3 is 2.40 bits per heavy atom. The van der Waals surface area contributed by atoms with Gasteiger partial charge in [-0.2, -0.15) is 0 Å². The van der Waals surface area contributed by atoms with Gasteiger partial charge in [0.1, 0.15) is 5.75 Å². The zero-order chi connectivity index (χ0) is 21.3. The molecular formula is C22H28N4O4. The molecule has 1 amide bonds. The summed E-state index contributed by atoms with van der Waals surface area (Å²) in [6.07, 6.45) is 1.73. The van der Waals surface area contributed by atoms with Crippen LogP contribution in [0.1, 0.15) is 12.1 Å². The van der Waals surface area contributed by atoms with Gasteiger partial charge in [-0.05, 0) is 36.4 Å². The molecule has 1 saturated heterocycles. The van der Waals surface area contributed by atoms with Crippen molar-refractivity contribution in [2.45, 2.75) is 13.0 Å². The molecule has 0 spiro atoms. The standard InChI is InChI=1S/C22H28N4O4/c1-30-20-7-5-18(6-8-20)24-21(27)14-17(22(28)29)15-25-10-12-26(13-11-25)16-19-4-2-3-9-23-19/h2-9,17H,10-16H2,1H3,(H,24,27)(H,28,29). The van der Waals surface area contributed by atoms with Crippen molar-refractivity contribution in [2.24, 2.45) is 5.92 Å². The van der Waals surface area contributed by atoms with Crippen molar-refractivity contribution < 1.29 is 19.4 Å². The van der Waals surface area contributed by atoms with E-state index < -0.39 is 11.9 Å². The molecule has 2 aromatic rings. The first-order valence-corrected chi connectivity index (χ1v) is 10.0. The van der Waals surface area contributed by atoms with Crippen LogP contribution in [-0.2, 0) is 16.1 Å². The highest BCUT2D eigenvalue weighted by Gasteiger charge is 2.26. The van der Waals surface area contributed by atoms with Gasteiger partial charge in [-0.1, -0.05) is 6.07 Å². The average molecular weight is 412 g/mol. The molecule has 8 heteroatoms. The Bertz CT molecular complexity index is 821. The summed E-state index contributed by atoms with van der Waals surface area (Å²) in [5, 5.41) is 12.4. The molecule has 0 bridgehead atoms. The first-order valence-electron chi connectivity index (χ1n) is 10.0. The number of carboxylic acid groups (broad SMARTS) is 1. The van der Waals surface area contributed by atoms with Crippen molar-refractivity contribution >= 4 is 17.6 Å². The van der Waals surface area contributed by atoms with Crippen molar-refractivity contribution in [2.75, 3.05) is 45.2 Å². The Morgan fingerprint density at radius 1 is 1.10 bits per heavy atom. The molecule has 1 aromatic heterocycles. The number of carbonyl (C=O) groups excluding carboxylic acids is 1. The zero-order valence-corrected chi connectivity index (χ0v) is 17.2. The van der Waals surface area contributed by atoms with Gasteiger partial charge in [0.05, 0.1) is 18.7 Å². The van der Waals surface area contributed by atoms with Crippen LogP contribution in [0.3, 0.4) is 0 Å². The number of nitrogens with one attached hydrogen (secondary N) is 1. The monoisotopic (exact) mass is 412 g/mol. The molecule has 160 valence electrons. The molecule has 3 rings (SSSR count). The summed E-state index contributed by atoms with van der Waals surface area (Å²) in [4.78, 5) is 32.8. The smallest absolute Gasteiger partial charge is 0.308 e. The number of carboxylic acids is 1. The second-order valence-corrected chi connectivity index (χ2v) is 7.41. The SMILES string of the molecule is COc1ccc(NC(=O)CC(CN2CCN(Cc3ccccn3)CC2)C(=O)O)cc1. The minimum atomic E-state index is -0.948. The lowest BCUT2D eigenvalue weighted by Gasteiger charge is -2.35. The predicted molar refractivity (Wildman–Crippen MR) is 113 cm³/mol. The van der Waals surface area contributed by atoms with E-state index in [4.69, 9.17) is 4.74 Å². The Morgan fingerprint density at radius 2 is 1.80 bits per heavy atom. The number of aliphatic carboxylic acids is 1. The van der Waals surface area contributed by atoms with Crippen LogP contribution in [0.4, 0.5) is 5.69 Å². The largest absolute Gasteiger partial charge is 0.497 e. The van der Waals surface area contributed by atoms with Crippen molar-refractivity contribution in [1.29, 1.82) is 0 Å². The van der Waals surface area contributed by atoms with E-state index in [1.165, 1.54) is 0 Å². The quantitative estimate of drug-likeness (QED) is 0.650. The fourth-order valence-electron chi connectivity index (χ4n) is 3.50. The highest BCUT2D eigenvalue weighted by molar-refractivity contribution is 5.93. The van der Waals surface area contributed by atoms with Gasteiger partial charge in [0.15, 0.2) is 0 Å². The van der Waals surface area contributed by atoms with Crippen LogP contribution < -0.4 is 10.1 Å². The molecule has 1 fully saturated rings. The molecule has 2 heterocycles. The molecule has 8 nitrogen and oxygen atoms in total. The summed E-state index contributed by atoms with van der Waals surface area (Å²) in [6, 6.07) is 12.8. The maximum atomic E-state index is 12.3. The average Bonchev–Trinajstić information content (AvgIpc) is 2.76. The van der Waals surface area contributed by atoms with E-state index in [2.05, 4.69) is 20.1 Å². The molecule has 0 saturated carbocycles. The van der Waals surface area contributed by atoms with E-state index in [1.54, 1.807) is 37.6 Å². The Balaban J connectivity index is 1.46. The number of hydrogen-bond donors (Lipinski definition) is 2. The van der Waals surface area contributed by atoms with Crippen LogP contribution in [0.2, 0.25) is 0 Å². The minimum Gasteiger partial charge on any atom is -0.497 e. The molecular weight excluding hydrogens is 384 g/mol. The minimum absolute atomic E-state index is 0.0600. The normalized spacial score (nSPS) is 16.0. The fraction of sp³-hybridized carbons (Fsp3) is 0.409. The summed E-state index contributed by atoms with van der Waals surface area (Å²) in [5.41, 5.74) is 1.65. The first-order chi connectivity index (χ1) is 14.5. The molecule has 30 heavy (non-hydrogen) atoms. The van der Waals surface area contributed by atoms with E-state index in [0.29, 0.717) is 18.0 Å².